The van der Waals surface area contributed by atoms with Crippen LogP contribution in [0.5, 0.6) is 0 Å². The number of aryl methyl sites for hydroxylation is 1. The van der Waals surface area contributed by atoms with E-state index >= 15 is 0 Å². The molecule has 1 amide bonds. The number of halogens is 1. The van der Waals surface area contributed by atoms with Gasteiger partial charge in [-0.05, 0) is 43.0 Å². The van der Waals surface area contributed by atoms with E-state index in [0.29, 0.717) is 12.8 Å². The van der Waals surface area contributed by atoms with Gasteiger partial charge in [0.25, 0.3) is 0 Å². The number of anilines is 1. The molecule has 0 saturated heterocycles. The molecular weight excluding hydrogens is 294 g/mol. The van der Waals surface area contributed by atoms with Crippen LogP contribution in [-0.4, -0.2) is 18.2 Å². The molecule has 0 aromatic heterocycles. The average molecular weight is 310 g/mol. The summed E-state index contributed by atoms with van der Waals surface area (Å²) in [5, 5.41) is 0. The van der Waals surface area contributed by atoms with Crippen LogP contribution in [0.3, 0.4) is 0 Å². The number of fused-ring (bicyclic) bond motifs is 1. The van der Waals surface area contributed by atoms with E-state index in [4.69, 9.17) is 0 Å². The molecule has 96 valence electrons. The van der Waals surface area contributed by atoms with E-state index in [-0.39, 0.29) is 11.7 Å². The number of nitrogens with zero attached hydrogens (tertiary/aromatic N) is 1. The van der Waals surface area contributed by atoms with Crippen molar-refractivity contribution in [1.82, 2.24) is 0 Å². The fourth-order valence-corrected chi connectivity index (χ4v) is 2.97. The summed E-state index contributed by atoms with van der Waals surface area (Å²) in [6.07, 6.45) is 2.11. The summed E-state index contributed by atoms with van der Waals surface area (Å²) in [6, 6.07) is 4.08. The lowest BCUT2D eigenvalue weighted by atomic mass is 10.0. The van der Waals surface area contributed by atoms with Gasteiger partial charge in [-0.2, -0.15) is 0 Å². The van der Waals surface area contributed by atoms with Gasteiger partial charge in [0.2, 0.25) is 5.91 Å². The van der Waals surface area contributed by atoms with Gasteiger partial charge < -0.3 is 9.69 Å². The highest BCUT2D eigenvalue weighted by Crippen LogP contribution is 2.35. The Kier molecular flexibility index (Phi) is 3.85. The highest BCUT2D eigenvalue weighted by molar-refractivity contribution is 9.10. The lowest BCUT2D eigenvalue weighted by Crippen LogP contribution is -2.26. The Bertz CT molecular complexity index is 511. The molecule has 0 spiro atoms. The van der Waals surface area contributed by atoms with Crippen molar-refractivity contribution >= 4 is 33.3 Å². The maximum Gasteiger partial charge on any atom is 0.223 e. The van der Waals surface area contributed by atoms with Crippen LogP contribution in [-0.2, 0) is 22.4 Å². The van der Waals surface area contributed by atoms with Gasteiger partial charge in [0.05, 0.1) is 5.69 Å². The quantitative estimate of drug-likeness (QED) is 0.861. The number of Topliss-reactive ketones (excluding diaryl/α,β-unsaturated/α-hetero) is 1. The predicted molar refractivity (Wildman–Crippen MR) is 74.9 cm³/mol. The first-order valence-corrected chi connectivity index (χ1v) is 6.87. The van der Waals surface area contributed by atoms with E-state index in [1.807, 2.05) is 11.0 Å². The molecule has 0 saturated carbocycles. The van der Waals surface area contributed by atoms with E-state index in [1.165, 1.54) is 5.56 Å². The van der Waals surface area contributed by atoms with Gasteiger partial charge >= 0.3 is 0 Å². The first-order chi connectivity index (χ1) is 8.49. The van der Waals surface area contributed by atoms with Gasteiger partial charge in [-0.25, -0.2) is 0 Å². The van der Waals surface area contributed by atoms with Crippen LogP contribution >= 0.6 is 15.9 Å². The lowest BCUT2D eigenvalue weighted by Gasteiger charge is -2.19. The number of hydrogen-bond donors (Lipinski definition) is 0. The van der Waals surface area contributed by atoms with E-state index in [1.54, 1.807) is 13.8 Å². The fourth-order valence-electron chi connectivity index (χ4n) is 2.41. The number of ketones is 1. The molecule has 0 atom stereocenters. The maximum atomic E-state index is 11.6. The Morgan fingerprint density at radius 3 is 2.67 bits per heavy atom. The summed E-state index contributed by atoms with van der Waals surface area (Å²) in [7, 11) is 0. The summed E-state index contributed by atoms with van der Waals surface area (Å²) < 4.78 is 1.02. The Labute approximate surface area is 115 Å². The second kappa shape index (κ2) is 5.22. The third-order valence-corrected chi connectivity index (χ3v) is 3.69. The Morgan fingerprint density at radius 1 is 1.33 bits per heavy atom. The number of carbonyl (C=O) groups excluding carboxylic acids is 2. The van der Waals surface area contributed by atoms with Crippen molar-refractivity contribution in [1.29, 1.82) is 0 Å². The zero-order chi connectivity index (χ0) is 13.3. The van der Waals surface area contributed by atoms with Crippen molar-refractivity contribution in [2.45, 2.75) is 33.1 Å². The van der Waals surface area contributed by atoms with E-state index < -0.39 is 0 Å². The van der Waals surface area contributed by atoms with Crippen LogP contribution < -0.4 is 4.90 Å². The Hall–Kier alpha value is -1.16. The van der Waals surface area contributed by atoms with Crippen molar-refractivity contribution in [3.8, 4) is 0 Å². The van der Waals surface area contributed by atoms with Crippen LogP contribution in [0.15, 0.2) is 16.6 Å². The fraction of sp³-hybridized carbons (Fsp3) is 0.429. The largest absolute Gasteiger partial charge is 0.312 e. The summed E-state index contributed by atoms with van der Waals surface area (Å²) in [5.41, 5.74) is 3.30. The Morgan fingerprint density at radius 2 is 2.06 bits per heavy atom. The smallest absolute Gasteiger partial charge is 0.223 e. The second-order valence-corrected chi connectivity index (χ2v) is 5.61. The highest BCUT2D eigenvalue weighted by Gasteiger charge is 2.25. The molecule has 18 heavy (non-hydrogen) atoms. The van der Waals surface area contributed by atoms with Crippen molar-refractivity contribution in [3.05, 3.63) is 27.7 Å². The molecule has 0 unspecified atom stereocenters. The molecule has 0 aliphatic carbocycles. The molecule has 2 rings (SSSR count). The van der Waals surface area contributed by atoms with Gasteiger partial charge in [-0.3, -0.25) is 4.79 Å². The van der Waals surface area contributed by atoms with Gasteiger partial charge in [0.15, 0.2) is 0 Å². The second-order valence-electron chi connectivity index (χ2n) is 4.70. The first-order valence-electron chi connectivity index (χ1n) is 6.08. The van der Waals surface area contributed by atoms with Gasteiger partial charge in [0, 0.05) is 24.4 Å². The summed E-state index contributed by atoms with van der Waals surface area (Å²) in [6.45, 7) is 3.93. The molecule has 3 nitrogen and oxygen atoms in total. The lowest BCUT2D eigenvalue weighted by molar-refractivity contribution is -0.117. The van der Waals surface area contributed by atoms with Crippen LogP contribution in [0.2, 0.25) is 0 Å². The molecule has 4 heteroatoms. The van der Waals surface area contributed by atoms with Crippen molar-refractivity contribution in [3.63, 3.8) is 0 Å². The minimum Gasteiger partial charge on any atom is -0.312 e. The minimum atomic E-state index is 0.0696. The van der Waals surface area contributed by atoms with Crippen molar-refractivity contribution in [2.24, 2.45) is 0 Å². The molecule has 0 bridgehead atoms. The number of hydrogen-bond acceptors (Lipinski definition) is 2. The topological polar surface area (TPSA) is 37.4 Å². The highest BCUT2D eigenvalue weighted by atomic mass is 79.9. The molecule has 1 heterocycles. The van der Waals surface area contributed by atoms with Crippen molar-refractivity contribution in [2.75, 3.05) is 11.4 Å². The molecule has 1 aromatic rings. The summed E-state index contributed by atoms with van der Waals surface area (Å²) >= 11 is 3.49. The number of carbonyl (C=O) groups is 2. The number of benzene rings is 1. The number of amides is 1. The van der Waals surface area contributed by atoms with Gasteiger partial charge in [-0.15, -0.1) is 0 Å². The molecular formula is C14H16BrNO2. The van der Waals surface area contributed by atoms with Crippen LogP contribution in [0.1, 0.15) is 31.4 Å². The molecule has 0 radical (unpaired) electrons. The SMILES string of the molecule is CC(=O)CCc1cc(Br)cc2c1N(C(C)=O)CC2. The van der Waals surface area contributed by atoms with Crippen LogP contribution in [0.4, 0.5) is 5.69 Å². The Balaban J connectivity index is 2.39. The third kappa shape index (κ3) is 2.64. The van der Waals surface area contributed by atoms with Crippen LogP contribution in [0, 0.1) is 0 Å². The number of rotatable bonds is 3. The minimum absolute atomic E-state index is 0.0696. The van der Waals surface area contributed by atoms with Gasteiger partial charge in [-0.1, -0.05) is 15.9 Å². The molecule has 0 N–H and O–H groups in total. The maximum absolute atomic E-state index is 11.6. The first kappa shape index (κ1) is 13.3. The van der Waals surface area contributed by atoms with E-state index in [2.05, 4.69) is 22.0 Å². The van der Waals surface area contributed by atoms with E-state index in [9.17, 15) is 9.59 Å². The molecule has 1 aliphatic rings. The molecule has 1 aromatic carbocycles. The summed E-state index contributed by atoms with van der Waals surface area (Å²) in [5.74, 6) is 0.247. The third-order valence-electron chi connectivity index (χ3n) is 3.23. The predicted octanol–water partition coefficient (Wildman–Crippen LogP) is 2.88. The van der Waals surface area contributed by atoms with E-state index in [0.717, 1.165) is 28.7 Å². The zero-order valence-corrected chi connectivity index (χ0v) is 12.2. The summed E-state index contributed by atoms with van der Waals surface area (Å²) in [4.78, 5) is 24.6. The monoisotopic (exact) mass is 309 g/mol. The molecule has 0 fully saturated rings. The normalized spacial score (nSPS) is 13.6. The average Bonchev–Trinajstić information content (AvgIpc) is 2.69. The molecule has 1 aliphatic heterocycles. The van der Waals surface area contributed by atoms with Crippen LogP contribution in [0.25, 0.3) is 0 Å². The zero-order valence-electron chi connectivity index (χ0n) is 10.6. The van der Waals surface area contributed by atoms with Crippen molar-refractivity contribution < 1.29 is 9.59 Å². The standard InChI is InChI=1S/C14H16BrNO2/c1-9(17)3-4-11-7-13(15)8-12-5-6-16(10(2)18)14(11)12/h7-8H,3-6H2,1-2H3. The van der Waals surface area contributed by atoms with Gasteiger partial charge in [0.1, 0.15) is 5.78 Å².